The average Bonchev–Trinajstić information content (AvgIpc) is 3.17. The SMILES string of the molecule is CO[C@@]12c3c(C)cc(O)c4c(=O)n([C@@H](CC(C)C)C(=O)O)cc(c34)C(=O)[C@@H]1[C@]13COC(=O)c4c(O)cc(C)c(c41)C(=O)[C@H]2[C@@H]3OC(C)=O. The summed E-state index contributed by atoms with van der Waals surface area (Å²) >= 11 is 0. The molecule has 0 amide bonds. The summed E-state index contributed by atoms with van der Waals surface area (Å²) in [6.45, 7) is 7.35. The van der Waals surface area contributed by atoms with E-state index in [1.54, 1.807) is 27.7 Å². The first-order chi connectivity index (χ1) is 22.6. The number of ether oxygens (including phenoxy) is 3. The van der Waals surface area contributed by atoms with Gasteiger partial charge in [0.25, 0.3) is 5.56 Å². The molecule has 6 atom stereocenters. The number of phenolic OH excluding ortho intramolecular Hbond substituents is 2. The van der Waals surface area contributed by atoms with Crippen molar-refractivity contribution in [1.82, 2.24) is 4.57 Å². The first kappa shape index (κ1) is 31.6. The molecule has 1 aromatic heterocycles. The van der Waals surface area contributed by atoms with Gasteiger partial charge in [0, 0.05) is 36.7 Å². The third kappa shape index (κ3) is 3.54. The Morgan fingerprint density at radius 3 is 2.27 bits per heavy atom. The standard InChI is InChI=1S/C35H33NO12/c1-12(2)7-17(32(43)44)36-10-16-21-22(31(36)42)18(38)9-14(4)24(21)35(46-6)26-28(41)20-13(3)8-19(39)23-25(20)34(11-47-33(23)45,29(35)27(16)40)30(26)48-15(5)37/h8-10,12,17,26,29-30,38-39H,7,11H2,1-6H3,(H,43,44)/t17-,26-,29+,30-,34-,35+/m0/s1. The van der Waals surface area contributed by atoms with Crippen molar-refractivity contribution < 1.29 is 53.5 Å². The summed E-state index contributed by atoms with van der Waals surface area (Å²) in [5, 5.41) is 32.2. The minimum absolute atomic E-state index is 0.00805. The van der Waals surface area contributed by atoms with Gasteiger partial charge >= 0.3 is 17.9 Å². The topological polar surface area (TPSA) is 196 Å². The molecule has 3 aliphatic carbocycles. The summed E-state index contributed by atoms with van der Waals surface area (Å²) < 4.78 is 18.9. The molecular formula is C35H33NO12. The number of methoxy groups -OCH3 is 1. The fourth-order valence-electron chi connectivity index (χ4n) is 9.27. The number of aromatic nitrogens is 1. The third-order valence-corrected chi connectivity index (χ3v) is 10.7. The number of aromatic hydroxyl groups is 2. The van der Waals surface area contributed by atoms with Crippen molar-refractivity contribution in [3.8, 4) is 11.5 Å². The van der Waals surface area contributed by atoms with E-state index in [0.717, 1.165) is 11.5 Å². The van der Waals surface area contributed by atoms with E-state index in [1.807, 2.05) is 0 Å². The number of carboxylic acid groups (broad SMARTS) is 1. The molecule has 0 saturated heterocycles. The Balaban J connectivity index is 1.68. The molecular weight excluding hydrogens is 626 g/mol. The van der Waals surface area contributed by atoms with Crippen LogP contribution in [0.4, 0.5) is 0 Å². The molecule has 2 aromatic carbocycles. The molecule has 13 heteroatoms. The minimum atomic E-state index is -1.94. The lowest BCUT2D eigenvalue weighted by Gasteiger charge is -2.47. The van der Waals surface area contributed by atoms with Gasteiger partial charge in [-0.25, -0.2) is 9.59 Å². The maximum absolute atomic E-state index is 15.3. The number of phenols is 2. The summed E-state index contributed by atoms with van der Waals surface area (Å²) in [7, 11) is 1.29. The van der Waals surface area contributed by atoms with E-state index in [4.69, 9.17) is 14.2 Å². The number of benzene rings is 2. The summed E-state index contributed by atoms with van der Waals surface area (Å²) in [4.78, 5) is 82.9. The van der Waals surface area contributed by atoms with Crippen LogP contribution in [0.5, 0.6) is 11.5 Å². The van der Waals surface area contributed by atoms with Crippen molar-refractivity contribution in [2.24, 2.45) is 17.8 Å². The predicted molar refractivity (Wildman–Crippen MR) is 165 cm³/mol. The highest BCUT2D eigenvalue weighted by atomic mass is 16.6. The van der Waals surface area contributed by atoms with Crippen LogP contribution in [0, 0.1) is 31.6 Å². The zero-order valence-electron chi connectivity index (χ0n) is 27.0. The molecule has 2 bridgehead atoms. The number of carboxylic acids is 1. The highest BCUT2D eigenvalue weighted by Gasteiger charge is 2.80. The van der Waals surface area contributed by atoms with Crippen LogP contribution in [0.1, 0.15) is 86.6 Å². The van der Waals surface area contributed by atoms with E-state index in [-0.39, 0.29) is 50.9 Å². The number of esters is 2. The number of carbonyl (C=O) groups is 5. The van der Waals surface area contributed by atoms with Gasteiger partial charge in [0.15, 0.2) is 11.6 Å². The van der Waals surface area contributed by atoms with Crippen molar-refractivity contribution >= 4 is 40.2 Å². The number of fused-ring (bicyclic) bond motifs is 4. The number of Topliss-reactive ketones (excluding diaryl/α,β-unsaturated/α-hetero) is 2. The number of pyridine rings is 1. The predicted octanol–water partition coefficient (Wildman–Crippen LogP) is 3.22. The molecule has 3 N–H and O–H groups in total. The van der Waals surface area contributed by atoms with Gasteiger partial charge in [-0.15, -0.1) is 0 Å². The summed E-state index contributed by atoms with van der Waals surface area (Å²) in [6, 6.07) is 1.15. The fourth-order valence-corrected chi connectivity index (χ4v) is 9.27. The second kappa shape index (κ2) is 9.99. The molecule has 250 valence electrons. The largest absolute Gasteiger partial charge is 0.507 e. The molecule has 2 heterocycles. The van der Waals surface area contributed by atoms with E-state index < -0.39 is 88.1 Å². The second-order valence-electron chi connectivity index (χ2n) is 13.7. The first-order valence-corrected chi connectivity index (χ1v) is 15.6. The molecule has 3 aromatic rings. The van der Waals surface area contributed by atoms with Crippen LogP contribution >= 0.6 is 0 Å². The number of nitrogens with zero attached hydrogens (tertiary/aromatic N) is 1. The molecule has 48 heavy (non-hydrogen) atoms. The summed E-state index contributed by atoms with van der Waals surface area (Å²) in [6.07, 6.45) is -0.247. The zero-order chi connectivity index (χ0) is 34.9. The Bertz CT molecular complexity index is 2130. The molecule has 1 fully saturated rings. The van der Waals surface area contributed by atoms with E-state index >= 15 is 4.79 Å². The summed E-state index contributed by atoms with van der Waals surface area (Å²) in [5.74, 6) is -8.41. The first-order valence-electron chi connectivity index (χ1n) is 15.6. The van der Waals surface area contributed by atoms with Gasteiger partial charge in [-0.1, -0.05) is 13.8 Å². The van der Waals surface area contributed by atoms with E-state index in [2.05, 4.69) is 0 Å². The lowest BCUT2D eigenvalue weighted by molar-refractivity contribution is -0.154. The Morgan fingerprint density at radius 2 is 1.67 bits per heavy atom. The number of hydrogen-bond donors (Lipinski definition) is 3. The molecule has 4 aliphatic rings. The van der Waals surface area contributed by atoms with Crippen LogP contribution in [0.15, 0.2) is 23.1 Å². The smallest absolute Gasteiger partial charge is 0.342 e. The third-order valence-electron chi connectivity index (χ3n) is 10.7. The Morgan fingerprint density at radius 1 is 1.00 bits per heavy atom. The molecule has 7 rings (SSSR count). The van der Waals surface area contributed by atoms with Gasteiger partial charge < -0.3 is 29.5 Å². The van der Waals surface area contributed by atoms with Gasteiger partial charge in [0.05, 0.1) is 22.6 Å². The van der Waals surface area contributed by atoms with Gasteiger partial charge in [-0.3, -0.25) is 23.7 Å². The van der Waals surface area contributed by atoms with Crippen LogP contribution < -0.4 is 5.56 Å². The quantitative estimate of drug-likeness (QED) is 0.328. The summed E-state index contributed by atoms with van der Waals surface area (Å²) in [5.41, 5.74) is -4.11. The highest BCUT2D eigenvalue weighted by molar-refractivity contribution is 6.19. The monoisotopic (exact) mass is 659 g/mol. The Kier molecular flexibility index (Phi) is 6.56. The van der Waals surface area contributed by atoms with Crippen LogP contribution in [0.25, 0.3) is 10.8 Å². The average molecular weight is 660 g/mol. The maximum atomic E-state index is 15.3. The van der Waals surface area contributed by atoms with Crippen LogP contribution in [-0.2, 0) is 34.8 Å². The van der Waals surface area contributed by atoms with Crippen molar-refractivity contribution in [3.05, 3.63) is 67.6 Å². The number of rotatable bonds is 6. The van der Waals surface area contributed by atoms with Crippen LogP contribution in [0.3, 0.4) is 0 Å². The Labute approximate surface area is 273 Å². The lowest BCUT2D eigenvalue weighted by Crippen LogP contribution is -2.57. The van der Waals surface area contributed by atoms with Crippen LogP contribution in [0.2, 0.25) is 0 Å². The van der Waals surface area contributed by atoms with E-state index in [1.165, 1.54) is 25.4 Å². The van der Waals surface area contributed by atoms with Gasteiger partial charge in [-0.05, 0) is 60.6 Å². The second-order valence-corrected chi connectivity index (χ2v) is 13.7. The molecule has 13 nitrogen and oxygen atoms in total. The van der Waals surface area contributed by atoms with Crippen molar-refractivity contribution in [2.45, 2.75) is 64.2 Å². The maximum Gasteiger partial charge on any atom is 0.342 e. The minimum Gasteiger partial charge on any atom is -0.507 e. The van der Waals surface area contributed by atoms with E-state index in [0.29, 0.717) is 11.1 Å². The Hall–Kier alpha value is -5.04. The van der Waals surface area contributed by atoms with Crippen molar-refractivity contribution in [3.63, 3.8) is 0 Å². The molecule has 0 radical (unpaired) electrons. The molecule has 0 unspecified atom stereocenters. The van der Waals surface area contributed by atoms with Gasteiger partial charge in [0.2, 0.25) is 0 Å². The normalized spacial score (nSPS) is 27.1. The zero-order valence-corrected chi connectivity index (χ0v) is 27.0. The van der Waals surface area contributed by atoms with Gasteiger partial charge in [0.1, 0.15) is 41.4 Å². The number of cyclic esters (lactones) is 1. The lowest BCUT2D eigenvalue weighted by atomic mass is 9.59. The van der Waals surface area contributed by atoms with Crippen molar-refractivity contribution in [2.75, 3.05) is 13.7 Å². The molecule has 1 aliphatic heterocycles. The number of hydrogen-bond acceptors (Lipinski definition) is 11. The number of ketones is 2. The molecule has 1 saturated carbocycles. The van der Waals surface area contributed by atoms with Crippen LogP contribution in [-0.4, -0.2) is 69.2 Å². The number of aliphatic carboxylic acids is 1. The van der Waals surface area contributed by atoms with E-state index in [9.17, 15) is 39.3 Å². The number of aryl methyl sites for hydroxylation is 2. The van der Waals surface area contributed by atoms with Crippen molar-refractivity contribution in [1.29, 1.82) is 0 Å². The number of carbonyl (C=O) groups excluding carboxylic acids is 4. The molecule has 1 spiro atoms. The van der Waals surface area contributed by atoms with Gasteiger partial charge in [-0.2, -0.15) is 0 Å². The fraction of sp³-hybridized carbons (Fsp3) is 0.429. The highest BCUT2D eigenvalue weighted by Crippen LogP contribution is 2.70.